The Hall–Kier alpha value is -0.710. The fraction of sp³-hybridized carbons (Fsp3) is 0.250. The van der Waals surface area contributed by atoms with Crippen LogP contribution in [0.4, 0.5) is 0 Å². The summed E-state index contributed by atoms with van der Waals surface area (Å²) in [7, 11) is 1.70. The Morgan fingerprint density at radius 3 is 2.67 bits per heavy atom. The SMILES string of the molecule is Cn1nc(C=O)nc1Br. The molecule has 0 bridgehead atoms. The Kier molecular flexibility index (Phi) is 1.61. The molecule has 0 radical (unpaired) electrons. The predicted molar refractivity (Wildman–Crippen MR) is 34.1 cm³/mol. The standard InChI is InChI=1S/C4H4BrN3O/c1-8-4(5)6-3(2-9)7-8/h2H,1H3. The Morgan fingerprint density at radius 1 is 1.78 bits per heavy atom. The van der Waals surface area contributed by atoms with Crippen LogP contribution in [-0.2, 0) is 7.05 Å². The van der Waals surface area contributed by atoms with E-state index in [1.807, 2.05) is 0 Å². The number of aromatic nitrogens is 3. The second-order valence-electron chi connectivity index (χ2n) is 1.48. The van der Waals surface area contributed by atoms with Gasteiger partial charge in [0.1, 0.15) is 0 Å². The number of hydrogen-bond donors (Lipinski definition) is 0. The maximum Gasteiger partial charge on any atom is 0.215 e. The lowest BCUT2D eigenvalue weighted by Gasteiger charge is -1.82. The van der Waals surface area contributed by atoms with Crippen LogP contribution in [0.1, 0.15) is 10.6 Å². The van der Waals surface area contributed by atoms with Crippen molar-refractivity contribution in [3.63, 3.8) is 0 Å². The molecule has 1 rings (SSSR count). The van der Waals surface area contributed by atoms with Gasteiger partial charge in [0, 0.05) is 7.05 Å². The van der Waals surface area contributed by atoms with Gasteiger partial charge in [-0.2, -0.15) is 4.98 Å². The maximum absolute atomic E-state index is 10.0. The van der Waals surface area contributed by atoms with Crippen LogP contribution in [-0.4, -0.2) is 21.1 Å². The molecule has 0 aliphatic carbocycles. The van der Waals surface area contributed by atoms with Crippen LogP contribution in [0.3, 0.4) is 0 Å². The fourth-order valence-electron chi connectivity index (χ4n) is 0.434. The molecule has 0 saturated heterocycles. The van der Waals surface area contributed by atoms with Crippen molar-refractivity contribution in [2.75, 3.05) is 0 Å². The van der Waals surface area contributed by atoms with E-state index in [1.165, 1.54) is 4.68 Å². The van der Waals surface area contributed by atoms with Crippen LogP contribution in [0.5, 0.6) is 0 Å². The lowest BCUT2D eigenvalue weighted by Crippen LogP contribution is -1.90. The second kappa shape index (κ2) is 2.26. The summed E-state index contributed by atoms with van der Waals surface area (Å²) in [6.45, 7) is 0. The van der Waals surface area contributed by atoms with Gasteiger partial charge < -0.3 is 0 Å². The summed E-state index contributed by atoms with van der Waals surface area (Å²) in [5, 5.41) is 3.72. The van der Waals surface area contributed by atoms with Gasteiger partial charge in [0.2, 0.25) is 5.82 Å². The Bertz CT molecular complexity index is 212. The smallest absolute Gasteiger partial charge is 0.215 e. The van der Waals surface area contributed by atoms with E-state index in [4.69, 9.17) is 0 Å². The van der Waals surface area contributed by atoms with Crippen molar-refractivity contribution in [3.8, 4) is 0 Å². The molecule has 0 amide bonds. The van der Waals surface area contributed by atoms with E-state index in [0.29, 0.717) is 11.0 Å². The van der Waals surface area contributed by atoms with Gasteiger partial charge in [-0.1, -0.05) is 0 Å². The molecule has 0 aliphatic heterocycles. The Morgan fingerprint density at radius 2 is 2.44 bits per heavy atom. The molecular formula is C4H4BrN3O. The van der Waals surface area contributed by atoms with Crippen molar-refractivity contribution >= 4 is 22.2 Å². The average molecular weight is 190 g/mol. The van der Waals surface area contributed by atoms with Crippen molar-refractivity contribution in [2.24, 2.45) is 7.05 Å². The van der Waals surface area contributed by atoms with E-state index in [-0.39, 0.29) is 5.82 Å². The van der Waals surface area contributed by atoms with Crippen molar-refractivity contribution < 1.29 is 4.79 Å². The summed E-state index contributed by atoms with van der Waals surface area (Å²) >= 11 is 3.09. The molecule has 0 spiro atoms. The van der Waals surface area contributed by atoms with E-state index in [9.17, 15) is 4.79 Å². The molecule has 1 heterocycles. The van der Waals surface area contributed by atoms with Gasteiger partial charge >= 0.3 is 0 Å². The Labute approximate surface area is 60.0 Å². The van der Waals surface area contributed by atoms with Gasteiger partial charge in [-0.15, -0.1) is 5.10 Å². The summed E-state index contributed by atoms with van der Waals surface area (Å²) < 4.78 is 2.04. The molecule has 0 fully saturated rings. The third kappa shape index (κ3) is 1.16. The molecule has 0 unspecified atom stereocenters. The van der Waals surface area contributed by atoms with Crippen molar-refractivity contribution in [3.05, 3.63) is 10.6 Å². The normalized spacial score (nSPS) is 9.56. The van der Waals surface area contributed by atoms with Gasteiger partial charge in [0.05, 0.1) is 0 Å². The number of carbonyl (C=O) groups is 1. The number of rotatable bonds is 1. The van der Waals surface area contributed by atoms with Gasteiger partial charge in [-0.05, 0) is 15.9 Å². The van der Waals surface area contributed by atoms with Crippen LogP contribution >= 0.6 is 15.9 Å². The topological polar surface area (TPSA) is 47.8 Å². The molecule has 9 heavy (non-hydrogen) atoms. The Balaban J connectivity index is 3.11. The first-order valence-corrected chi connectivity index (χ1v) is 3.05. The lowest BCUT2D eigenvalue weighted by molar-refractivity contribution is 0.111. The van der Waals surface area contributed by atoms with Gasteiger partial charge in [0.15, 0.2) is 11.0 Å². The molecule has 5 heteroatoms. The summed E-state index contributed by atoms with van der Waals surface area (Å²) in [6, 6.07) is 0. The largest absolute Gasteiger partial charge is 0.294 e. The maximum atomic E-state index is 10.0. The lowest BCUT2D eigenvalue weighted by atomic mass is 10.7. The highest BCUT2D eigenvalue weighted by Gasteiger charge is 1.99. The minimum absolute atomic E-state index is 0.198. The highest BCUT2D eigenvalue weighted by atomic mass is 79.9. The fourth-order valence-corrected chi connectivity index (χ4v) is 0.695. The third-order valence-corrected chi connectivity index (χ3v) is 1.52. The van der Waals surface area contributed by atoms with Crippen molar-refractivity contribution in [1.82, 2.24) is 14.8 Å². The summed E-state index contributed by atoms with van der Waals surface area (Å²) in [5.74, 6) is 0.198. The first kappa shape index (κ1) is 6.41. The summed E-state index contributed by atoms with van der Waals surface area (Å²) in [4.78, 5) is 13.7. The van der Waals surface area contributed by atoms with Crippen LogP contribution in [0.25, 0.3) is 0 Å². The molecule has 0 aromatic carbocycles. The van der Waals surface area contributed by atoms with E-state index in [2.05, 4.69) is 26.0 Å². The van der Waals surface area contributed by atoms with Gasteiger partial charge in [0.25, 0.3) is 0 Å². The van der Waals surface area contributed by atoms with E-state index >= 15 is 0 Å². The highest BCUT2D eigenvalue weighted by molar-refractivity contribution is 9.10. The number of aryl methyl sites for hydroxylation is 1. The van der Waals surface area contributed by atoms with Crippen LogP contribution in [0.2, 0.25) is 0 Å². The zero-order valence-corrected chi connectivity index (χ0v) is 6.29. The molecular weight excluding hydrogens is 186 g/mol. The molecule has 0 aliphatic rings. The molecule has 1 aromatic rings. The zero-order chi connectivity index (χ0) is 6.85. The molecule has 1 aromatic heterocycles. The zero-order valence-electron chi connectivity index (χ0n) is 4.71. The van der Waals surface area contributed by atoms with Crippen LogP contribution < -0.4 is 0 Å². The quantitative estimate of drug-likeness (QED) is 0.601. The van der Waals surface area contributed by atoms with Crippen LogP contribution in [0, 0.1) is 0 Å². The minimum Gasteiger partial charge on any atom is -0.294 e. The molecule has 4 nitrogen and oxygen atoms in total. The minimum atomic E-state index is 0.198. The number of carbonyl (C=O) groups excluding carboxylic acids is 1. The van der Waals surface area contributed by atoms with Gasteiger partial charge in [-0.25, -0.2) is 4.68 Å². The van der Waals surface area contributed by atoms with E-state index < -0.39 is 0 Å². The highest BCUT2D eigenvalue weighted by Crippen LogP contribution is 2.01. The molecule has 0 N–H and O–H groups in total. The van der Waals surface area contributed by atoms with Crippen molar-refractivity contribution in [1.29, 1.82) is 0 Å². The van der Waals surface area contributed by atoms with Crippen molar-refractivity contribution in [2.45, 2.75) is 0 Å². The average Bonchev–Trinajstić information content (AvgIpc) is 2.13. The molecule has 48 valence electrons. The molecule has 0 atom stereocenters. The first-order valence-electron chi connectivity index (χ1n) is 2.26. The number of hydrogen-bond acceptors (Lipinski definition) is 3. The van der Waals surface area contributed by atoms with Gasteiger partial charge in [-0.3, -0.25) is 4.79 Å². The number of halogens is 1. The first-order chi connectivity index (χ1) is 4.24. The molecule has 0 saturated carbocycles. The number of nitrogens with zero attached hydrogens (tertiary/aromatic N) is 3. The summed E-state index contributed by atoms with van der Waals surface area (Å²) in [6.07, 6.45) is 0.602. The number of aldehydes is 1. The second-order valence-corrected chi connectivity index (χ2v) is 2.19. The monoisotopic (exact) mass is 189 g/mol. The van der Waals surface area contributed by atoms with E-state index in [1.54, 1.807) is 7.05 Å². The predicted octanol–water partition coefficient (Wildman–Crippen LogP) is 0.390. The van der Waals surface area contributed by atoms with E-state index in [0.717, 1.165) is 0 Å². The van der Waals surface area contributed by atoms with Crippen LogP contribution in [0.15, 0.2) is 4.73 Å². The third-order valence-electron chi connectivity index (χ3n) is 0.832. The summed E-state index contributed by atoms with van der Waals surface area (Å²) in [5.41, 5.74) is 0.